The number of hydrogen-bond acceptors (Lipinski definition) is 3. The van der Waals surface area contributed by atoms with Crippen LogP contribution in [-0.2, 0) is 4.79 Å². The van der Waals surface area contributed by atoms with Crippen LogP contribution in [0.25, 0.3) is 0 Å². The number of carbonyl (C=O) groups excluding carboxylic acids is 2. The summed E-state index contributed by atoms with van der Waals surface area (Å²) < 4.78 is 0. The van der Waals surface area contributed by atoms with Crippen molar-refractivity contribution in [2.45, 2.75) is 32.7 Å². The van der Waals surface area contributed by atoms with E-state index >= 15 is 0 Å². The van der Waals surface area contributed by atoms with Crippen LogP contribution < -0.4 is 16.4 Å². The van der Waals surface area contributed by atoms with E-state index in [2.05, 4.69) is 10.6 Å². The molecule has 5 nitrogen and oxygen atoms in total. The minimum absolute atomic E-state index is 0.0296. The van der Waals surface area contributed by atoms with Gasteiger partial charge >= 0.3 is 0 Å². The fourth-order valence-electron chi connectivity index (χ4n) is 1.63. The first-order chi connectivity index (χ1) is 9.49. The van der Waals surface area contributed by atoms with E-state index in [0.717, 1.165) is 5.56 Å². The average molecular weight is 277 g/mol. The van der Waals surface area contributed by atoms with Gasteiger partial charge in [0.05, 0.1) is 0 Å². The molecule has 0 aromatic heterocycles. The monoisotopic (exact) mass is 277 g/mol. The van der Waals surface area contributed by atoms with Crippen LogP contribution in [0.2, 0.25) is 0 Å². The number of amides is 2. The molecule has 4 N–H and O–H groups in total. The van der Waals surface area contributed by atoms with Crippen molar-refractivity contribution in [1.82, 2.24) is 10.6 Å². The Hall–Kier alpha value is -1.88. The predicted octanol–water partition coefficient (Wildman–Crippen LogP) is 0.968. The molecule has 0 aliphatic rings. The molecule has 1 aromatic rings. The number of carbonyl (C=O) groups is 2. The van der Waals surface area contributed by atoms with Gasteiger partial charge in [-0.2, -0.15) is 0 Å². The van der Waals surface area contributed by atoms with Gasteiger partial charge in [0.1, 0.15) is 0 Å². The van der Waals surface area contributed by atoms with Gasteiger partial charge in [-0.25, -0.2) is 0 Å². The standard InChI is InChI=1S/C15H23N3O2/c1-11-3-6-13(7-4-11)15(20)18-10-9-17-14(19)8-5-12(2)16/h3-4,6-7,12H,5,8-10,16H2,1-2H3,(H,17,19)(H,18,20). The van der Waals surface area contributed by atoms with Gasteiger partial charge in [-0.15, -0.1) is 0 Å². The second kappa shape index (κ2) is 8.32. The first-order valence-corrected chi connectivity index (χ1v) is 6.86. The van der Waals surface area contributed by atoms with Crippen molar-refractivity contribution in [2.75, 3.05) is 13.1 Å². The van der Waals surface area contributed by atoms with Crippen molar-refractivity contribution >= 4 is 11.8 Å². The smallest absolute Gasteiger partial charge is 0.251 e. The van der Waals surface area contributed by atoms with E-state index in [1.807, 2.05) is 26.0 Å². The van der Waals surface area contributed by atoms with Gasteiger partial charge in [0.25, 0.3) is 5.91 Å². The van der Waals surface area contributed by atoms with Gasteiger partial charge in [-0.3, -0.25) is 9.59 Å². The second-order valence-electron chi connectivity index (χ2n) is 4.99. The van der Waals surface area contributed by atoms with E-state index in [1.165, 1.54) is 0 Å². The predicted molar refractivity (Wildman–Crippen MR) is 79.4 cm³/mol. The van der Waals surface area contributed by atoms with Crippen LogP contribution in [0.15, 0.2) is 24.3 Å². The third-order valence-corrected chi connectivity index (χ3v) is 2.87. The second-order valence-corrected chi connectivity index (χ2v) is 4.99. The maximum Gasteiger partial charge on any atom is 0.251 e. The van der Waals surface area contributed by atoms with Crippen LogP contribution in [0.1, 0.15) is 35.7 Å². The number of hydrogen-bond donors (Lipinski definition) is 3. The highest BCUT2D eigenvalue weighted by Crippen LogP contribution is 2.02. The molecular weight excluding hydrogens is 254 g/mol. The Labute approximate surface area is 119 Å². The van der Waals surface area contributed by atoms with Crippen LogP contribution in [0.5, 0.6) is 0 Å². The summed E-state index contributed by atoms with van der Waals surface area (Å²) in [4.78, 5) is 23.2. The molecule has 0 fully saturated rings. The number of benzene rings is 1. The molecule has 0 bridgehead atoms. The lowest BCUT2D eigenvalue weighted by atomic mass is 10.1. The summed E-state index contributed by atoms with van der Waals surface area (Å²) in [6, 6.07) is 7.38. The Morgan fingerprint density at radius 1 is 1.15 bits per heavy atom. The van der Waals surface area contributed by atoms with Crippen molar-refractivity contribution in [1.29, 1.82) is 0 Å². The maximum atomic E-state index is 11.8. The van der Waals surface area contributed by atoms with Crippen LogP contribution in [0, 0.1) is 6.92 Å². The van der Waals surface area contributed by atoms with Crippen LogP contribution in [0.4, 0.5) is 0 Å². The quantitative estimate of drug-likeness (QED) is 0.649. The van der Waals surface area contributed by atoms with E-state index in [-0.39, 0.29) is 17.9 Å². The minimum Gasteiger partial charge on any atom is -0.354 e. The van der Waals surface area contributed by atoms with E-state index in [0.29, 0.717) is 31.5 Å². The van der Waals surface area contributed by atoms with E-state index in [1.54, 1.807) is 12.1 Å². The average Bonchev–Trinajstić information content (AvgIpc) is 2.42. The lowest BCUT2D eigenvalue weighted by Gasteiger charge is -2.08. The van der Waals surface area contributed by atoms with Gasteiger partial charge in [0.2, 0.25) is 5.91 Å². The van der Waals surface area contributed by atoms with Crippen molar-refractivity contribution in [3.05, 3.63) is 35.4 Å². The molecule has 0 heterocycles. The fraction of sp³-hybridized carbons (Fsp3) is 0.467. The summed E-state index contributed by atoms with van der Waals surface area (Å²) in [5.41, 5.74) is 7.31. The molecule has 1 atom stereocenters. The molecule has 20 heavy (non-hydrogen) atoms. The highest BCUT2D eigenvalue weighted by atomic mass is 16.2. The van der Waals surface area contributed by atoms with Gasteiger partial charge < -0.3 is 16.4 Å². The SMILES string of the molecule is Cc1ccc(C(=O)NCCNC(=O)CCC(C)N)cc1. The maximum absolute atomic E-state index is 11.8. The van der Waals surface area contributed by atoms with Crippen molar-refractivity contribution < 1.29 is 9.59 Å². The fourth-order valence-corrected chi connectivity index (χ4v) is 1.63. The highest BCUT2D eigenvalue weighted by molar-refractivity contribution is 5.94. The van der Waals surface area contributed by atoms with Crippen LogP contribution in [0.3, 0.4) is 0 Å². The molecule has 2 amide bonds. The number of rotatable bonds is 7. The Morgan fingerprint density at radius 3 is 2.35 bits per heavy atom. The summed E-state index contributed by atoms with van der Waals surface area (Å²) in [5, 5.41) is 5.51. The molecule has 1 rings (SSSR count). The molecule has 5 heteroatoms. The Morgan fingerprint density at radius 2 is 1.75 bits per heavy atom. The number of nitrogens with one attached hydrogen (secondary N) is 2. The third-order valence-electron chi connectivity index (χ3n) is 2.87. The summed E-state index contributed by atoms with van der Waals surface area (Å²) in [6.07, 6.45) is 1.09. The molecular formula is C15H23N3O2. The molecule has 110 valence electrons. The molecule has 0 aliphatic heterocycles. The third kappa shape index (κ3) is 6.33. The first kappa shape index (κ1) is 16.2. The highest BCUT2D eigenvalue weighted by Gasteiger charge is 2.05. The van der Waals surface area contributed by atoms with Gasteiger partial charge in [-0.05, 0) is 32.4 Å². The summed E-state index contributed by atoms with van der Waals surface area (Å²) in [5.74, 6) is -0.165. The lowest BCUT2D eigenvalue weighted by molar-refractivity contribution is -0.121. The molecule has 0 spiro atoms. The lowest BCUT2D eigenvalue weighted by Crippen LogP contribution is -2.35. The molecule has 1 unspecified atom stereocenters. The zero-order chi connectivity index (χ0) is 15.0. The van der Waals surface area contributed by atoms with Crippen LogP contribution >= 0.6 is 0 Å². The number of nitrogens with two attached hydrogens (primary N) is 1. The van der Waals surface area contributed by atoms with Gasteiger partial charge in [0, 0.05) is 31.1 Å². The van der Waals surface area contributed by atoms with Crippen molar-refractivity contribution in [2.24, 2.45) is 5.73 Å². The van der Waals surface area contributed by atoms with Crippen molar-refractivity contribution in [3.63, 3.8) is 0 Å². The van der Waals surface area contributed by atoms with E-state index in [4.69, 9.17) is 5.73 Å². The zero-order valence-electron chi connectivity index (χ0n) is 12.1. The first-order valence-electron chi connectivity index (χ1n) is 6.86. The minimum atomic E-state index is -0.130. The number of aryl methyl sites for hydroxylation is 1. The largest absolute Gasteiger partial charge is 0.354 e. The Balaban J connectivity index is 2.19. The molecule has 1 aromatic carbocycles. The topological polar surface area (TPSA) is 84.2 Å². The molecule has 0 aliphatic carbocycles. The summed E-state index contributed by atoms with van der Waals surface area (Å²) in [6.45, 7) is 4.68. The van der Waals surface area contributed by atoms with E-state index < -0.39 is 0 Å². The Kier molecular flexibility index (Phi) is 6.73. The zero-order valence-corrected chi connectivity index (χ0v) is 12.1. The normalized spacial score (nSPS) is 11.8. The molecule has 0 saturated carbocycles. The summed E-state index contributed by atoms with van der Waals surface area (Å²) >= 11 is 0. The Bertz CT molecular complexity index is 441. The van der Waals surface area contributed by atoms with Gasteiger partial charge in [0.15, 0.2) is 0 Å². The summed E-state index contributed by atoms with van der Waals surface area (Å²) in [7, 11) is 0. The van der Waals surface area contributed by atoms with Gasteiger partial charge in [-0.1, -0.05) is 17.7 Å². The van der Waals surface area contributed by atoms with Crippen molar-refractivity contribution in [3.8, 4) is 0 Å². The molecule has 0 radical (unpaired) electrons. The van der Waals surface area contributed by atoms with Crippen LogP contribution in [-0.4, -0.2) is 30.9 Å². The molecule has 0 saturated heterocycles. The van der Waals surface area contributed by atoms with E-state index in [9.17, 15) is 9.59 Å².